The van der Waals surface area contributed by atoms with Crippen LogP contribution in [0.3, 0.4) is 0 Å². The number of rotatable bonds is 4. The third-order valence-electron chi connectivity index (χ3n) is 4.66. The molecule has 2 atom stereocenters. The average molecular weight is 244 g/mol. The van der Waals surface area contributed by atoms with Gasteiger partial charge in [0.15, 0.2) is 0 Å². The lowest BCUT2D eigenvalue weighted by Gasteiger charge is -2.26. The Bertz CT molecular complexity index is 425. The van der Waals surface area contributed by atoms with Gasteiger partial charge in [-0.1, -0.05) is 38.1 Å². The van der Waals surface area contributed by atoms with E-state index in [1.165, 1.54) is 24.1 Å². The van der Waals surface area contributed by atoms with Gasteiger partial charge in [-0.05, 0) is 41.8 Å². The highest BCUT2D eigenvalue weighted by Crippen LogP contribution is 2.50. The van der Waals surface area contributed by atoms with Crippen LogP contribution in [0.15, 0.2) is 24.3 Å². The van der Waals surface area contributed by atoms with E-state index < -0.39 is 0 Å². The van der Waals surface area contributed by atoms with Gasteiger partial charge < -0.3 is 10.6 Å². The predicted octanol–water partition coefficient (Wildman–Crippen LogP) is 2.34. The molecule has 1 aromatic rings. The largest absolute Gasteiger partial charge is 0.315 e. The minimum Gasteiger partial charge on any atom is -0.315 e. The summed E-state index contributed by atoms with van der Waals surface area (Å²) in [5, 5.41) is 7.27. The predicted molar refractivity (Wildman–Crippen MR) is 75.5 cm³/mol. The van der Waals surface area contributed by atoms with Crippen molar-refractivity contribution in [3.05, 3.63) is 35.4 Å². The second-order valence-corrected chi connectivity index (χ2v) is 6.60. The second kappa shape index (κ2) is 4.67. The summed E-state index contributed by atoms with van der Waals surface area (Å²) in [6.45, 7) is 8.05. The van der Waals surface area contributed by atoms with E-state index in [-0.39, 0.29) is 0 Å². The Morgan fingerprint density at radius 3 is 2.67 bits per heavy atom. The molecule has 1 heterocycles. The van der Waals surface area contributed by atoms with Gasteiger partial charge in [-0.3, -0.25) is 0 Å². The summed E-state index contributed by atoms with van der Waals surface area (Å²) in [5.74, 6) is 0.897. The zero-order valence-electron chi connectivity index (χ0n) is 11.5. The normalized spacial score (nSPS) is 28.8. The topological polar surface area (TPSA) is 24.1 Å². The van der Waals surface area contributed by atoms with Crippen LogP contribution in [0.1, 0.15) is 31.4 Å². The SMILES string of the molecule is CC1(C)CC1CNCC1Cc2ccccc2CN1. The van der Waals surface area contributed by atoms with Crippen LogP contribution in [0.5, 0.6) is 0 Å². The van der Waals surface area contributed by atoms with E-state index in [0.29, 0.717) is 11.5 Å². The Morgan fingerprint density at radius 1 is 1.22 bits per heavy atom. The van der Waals surface area contributed by atoms with Crippen LogP contribution in [0.25, 0.3) is 0 Å². The van der Waals surface area contributed by atoms with E-state index >= 15 is 0 Å². The van der Waals surface area contributed by atoms with Gasteiger partial charge >= 0.3 is 0 Å². The second-order valence-electron chi connectivity index (χ2n) is 6.60. The standard InChI is InChI=1S/C16H24N2/c1-16(2)8-14(16)10-17-11-15-7-12-5-3-4-6-13(12)9-18-15/h3-6,14-15,17-18H,7-11H2,1-2H3. The Morgan fingerprint density at radius 2 is 1.94 bits per heavy atom. The monoisotopic (exact) mass is 244 g/mol. The molecule has 2 nitrogen and oxygen atoms in total. The fourth-order valence-corrected chi connectivity index (χ4v) is 3.02. The van der Waals surface area contributed by atoms with Crippen LogP contribution in [0, 0.1) is 11.3 Å². The lowest BCUT2D eigenvalue weighted by Crippen LogP contribution is -2.43. The summed E-state index contributed by atoms with van der Waals surface area (Å²) in [6, 6.07) is 9.39. The molecule has 0 radical (unpaired) electrons. The van der Waals surface area contributed by atoms with Crippen LogP contribution >= 0.6 is 0 Å². The Balaban J connectivity index is 1.45. The lowest BCUT2D eigenvalue weighted by molar-refractivity contribution is 0.431. The summed E-state index contributed by atoms with van der Waals surface area (Å²) in [5.41, 5.74) is 3.59. The summed E-state index contributed by atoms with van der Waals surface area (Å²) in [7, 11) is 0. The van der Waals surface area contributed by atoms with Crippen LogP contribution in [0.2, 0.25) is 0 Å². The van der Waals surface area contributed by atoms with Crippen LogP contribution in [0.4, 0.5) is 0 Å². The van der Waals surface area contributed by atoms with Crippen molar-refractivity contribution in [1.29, 1.82) is 0 Å². The van der Waals surface area contributed by atoms with Gasteiger partial charge in [0.25, 0.3) is 0 Å². The first kappa shape index (κ1) is 12.2. The smallest absolute Gasteiger partial charge is 0.0236 e. The summed E-state index contributed by atoms with van der Waals surface area (Å²) in [6.07, 6.45) is 2.55. The number of hydrogen-bond acceptors (Lipinski definition) is 2. The molecular formula is C16H24N2. The van der Waals surface area contributed by atoms with Crippen molar-refractivity contribution in [2.45, 2.75) is 39.3 Å². The van der Waals surface area contributed by atoms with Crippen LogP contribution < -0.4 is 10.6 Å². The molecule has 2 unspecified atom stereocenters. The molecule has 0 saturated heterocycles. The Labute approximate surface area is 110 Å². The highest BCUT2D eigenvalue weighted by molar-refractivity contribution is 5.29. The van der Waals surface area contributed by atoms with E-state index in [2.05, 4.69) is 48.7 Å². The quantitative estimate of drug-likeness (QED) is 0.849. The van der Waals surface area contributed by atoms with Crippen molar-refractivity contribution in [2.24, 2.45) is 11.3 Å². The zero-order chi connectivity index (χ0) is 12.6. The van der Waals surface area contributed by atoms with Crippen LogP contribution in [-0.2, 0) is 13.0 Å². The minimum absolute atomic E-state index is 0.597. The molecule has 1 aliphatic carbocycles. The van der Waals surface area contributed by atoms with Gasteiger partial charge in [0.1, 0.15) is 0 Å². The van der Waals surface area contributed by atoms with Gasteiger partial charge in [0.05, 0.1) is 0 Å². The van der Waals surface area contributed by atoms with Crippen molar-refractivity contribution in [3.63, 3.8) is 0 Å². The van der Waals surface area contributed by atoms with Gasteiger partial charge in [-0.15, -0.1) is 0 Å². The molecule has 2 aliphatic rings. The van der Waals surface area contributed by atoms with Crippen molar-refractivity contribution < 1.29 is 0 Å². The molecule has 1 fully saturated rings. The molecule has 0 amide bonds. The maximum Gasteiger partial charge on any atom is 0.0236 e. The molecule has 3 rings (SSSR count). The van der Waals surface area contributed by atoms with E-state index in [4.69, 9.17) is 0 Å². The summed E-state index contributed by atoms with van der Waals surface area (Å²) < 4.78 is 0. The molecule has 2 heteroatoms. The first-order valence-corrected chi connectivity index (χ1v) is 7.16. The number of fused-ring (bicyclic) bond motifs is 1. The van der Waals surface area contributed by atoms with Crippen molar-refractivity contribution in [1.82, 2.24) is 10.6 Å². The Hall–Kier alpha value is -0.860. The molecule has 18 heavy (non-hydrogen) atoms. The van der Waals surface area contributed by atoms with Crippen LogP contribution in [-0.4, -0.2) is 19.1 Å². The highest BCUT2D eigenvalue weighted by Gasteiger charge is 2.44. The first-order valence-electron chi connectivity index (χ1n) is 7.16. The third-order valence-corrected chi connectivity index (χ3v) is 4.66. The molecule has 0 spiro atoms. The van der Waals surface area contributed by atoms with E-state index in [9.17, 15) is 0 Å². The molecule has 98 valence electrons. The van der Waals surface area contributed by atoms with Crippen molar-refractivity contribution in [3.8, 4) is 0 Å². The zero-order valence-corrected chi connectivity index (χ0v) is 11.5. The number of benzene rings is 1. The van der Waals surface area contributed by atoms with Crippen molar-refractivity contribution >= 4 is 0 Å². The fourth-order valence-electron chi connectivity index (χ4n) is 3.02. The summed E-state index contributed by atoms with van der Waals surface area (Å²) in [4.78, 5) is 0. The number of nitrogens with one attached hydrogen (secondary N) is 2. The van der Waals surface area contributed by atoms with Gasteiger partial charge in [-0.25, -0.2) is 0 Å². The molecule has 2 N–H and O–H groups in total. The third kappa shape index (κ3) is 2.60. The average Bonchev–Trinajstić information content (AvgIpc) is 2.97. The molecule has 1 aromatic carbocycles. The maximum atomic E-state index is 3.64. The highest BCUT2D eigenvalue weighted by atomic mass is 15.0. The maximum absolute atomic E-state index is 3.64. The summed E-state index contributed by atoms with van der Waals surface area (Å²) >= 11 is 0. The van der Waals surface area contributed by atoms with Gasteiger partial charge in [0.2, 0.25) is 0 Å². The molecule has 1 saturated carbocycles. The minimum atomic E-state index is 0.597. The fraction of sp³-hybridized carbons (Fsp3) is 0.625. The molecule has 0 aromatic heterocycles. The van der Waals surface area contributed by atoms with Gasteiger partial charge in [0, 0.05) is 19.1 Å². The lowest BCUT2D eigenvalue weighted by atomic mass is 9.96. The molecular weight excluding hydrogens is 220 g/mol. The molecule has 1 aliphatic heterocycles. The van der Waals surface area contributed by atoms with Crippen molar-refractivity contribution in [2.75, 3.05) is 13.1 Å². The number of hydrogen-bond donors (Lipinski definition) is 2. The first-order chi connectivity index (χ1) is 8.65. The van der Waals surface area contributed by atoms with E-state index in [0.717, 1.165) is 25.4 Å². The molecule has 0 bridgehead atoms. The van der Waals surface area contributed by atoms with E-state index in [1.54, 1.807) is 0 Å². The van der Waals surface area contributed by atoms with Gasteiger partial charge in [-0.2, -0.15) is 0 Å². The Kier molecular flexibility index (Phi) is 3.16. The van der Waals surface area contributed by atoms with E-state index in [1.807, 2.05) is 0 Å².